The van der Waals surface area contributed by atoms with Gasteiger partial charge in [0, 0.05) is 70.7 Å². The van der Waals surface area contributed by atoms with Crippen molar-refractivity contribution in [3.05, 3.63) is 0 Å². The number of carbonyl (C=O) groups excluding carboxylic acids is 9. The highest BCUT2D eigenvalue weighted by Crippen LogP contribution is 2.24. The lowest BCUT2D eigenvalue weighted by Crippen LogP contribution is -2.65. The second kappa shape index (κ2) is 64.9. The van der Waals surface area contributed by atoms with E-state index in [4.69, 9.17) is 18.9 Å². The summed E-state index contributed by atoms with van der Waals surface area (Å²) in [5, 5.41) is 59.1. The number of unbranched alkanes of at least 4 members (excludes halogenated alkanes) is 36. The van der Waals surface area contributed by atoms with Crippen LogP contribution >= 0.6 is 11.8 Å². The largest absolute Gasteiger partial charge is 0.462 e. The molecule has 9 atom stereocenters. The molecule has 1 rings (SSSR count). The quantitative estimate of drug-likeness (QED) is 0.0199. The fourth-order valence-corrected chi connectivity index (χ4v) is 13.2. The highest BCUT2D eigenvalue weighted by molar-refractivity contribution is 7.99. The van der Waals surface area contributed by atoms with Crippen LogP contribution in [0.5, 0.6) is 0 Å². The van der Waals surface area contributed by atoms with Gasteiger partial charge in [0.2, 0.25) is 41.4 Å². The number of hydrogen-bond donors (Lipinski definition) is 11. The number of hydrogen-bond acceptors (Lipinski definition) is 18. The fourth-order valence-electron chi connectivity index (χ4n) is 12.1. The van der Waals surface area contributed by atoms with E-state index in [0.717, 1.165) is 64.2 Å². The summed E-state index contributed by atoms with van der Waals surface area (Å²) in [7, 11) is 0. The number of rotatable bonds is 68. The van der Waals surface area contributed by atoms with E-state index in [0.29, 0.717) is 19.3 Å². The van der Waals surface area contributed by atoms with Gasteiger partial charge < -0.3 is 76.6 Å². The predicted molar refractivity (Wildman–Crippen MR) is 397 cm³/mol. The first-order chi connectivity index (χ1) is 48.9. The molecule has 1 saturated heterocycles. The second-order valence-electron chi connectivity index (χ2n) is 27.7. The maximum absolute atomic E-state index is 14.1. The average Bonchev–Trinajstić information content (AvgIpc) is 0.818. The summed E-state index contributed by atoms with van der Waals surface area (Å²) in [6, 6.07) is -5.17. The van der Waals surface area contributed by atoms with E-state index in [2.05, 4.69) is 58.0 Å². The van der Waals surface area contributed by atoms with Crippen molar-refractivity contribution in [2.24, 2.45) is 0 Å². The third-order valence-electron chi connectivity index (χ3n) is 18.3. The fraction of sp³-hybridized carbons (Fsp3) is 0.882. The molecule has 1 aliphatic rings. The molecular formula is C76H141N7O17S. The van der Waals surface area contributed by atoms with Crippen molar-refractivity contribution in [1.82, 2.24) is 37.2 Å². The number of amides is 7. The van der Waals surface area contributed by atoms with E-state index in [-0.39, 0.29) is 81.7 Å². The molecule has 0 radical (unpaired) electrons. The van der Waals surface area contributed by atoms with E-state index in [9.17, 15) is 63.6 Å². The number of thioether (sulfide) groups is 1. The van der Waals surface area contributed by atoms with E-state index in [1.165, 1.54) is 193 Å². The van der Waals surface area contributed by atoms with Crippen LogP contribution in [0.4, 0.5) is 0 Å². The first kappa shape index (κ1) is 94.4. The number of ether oxygens (including phenoxy) is 4. The molecular weight excluding hydrogens is 1310 g/mol. The summed E-state index contributed by atoms with van der Waals surface area (Å²) in [6.45, 7) is 6.76. The minimum atomic E-state index is -1.60. The SMILES string of the molecule is CCCCCCCCCCCCCCCC(=O)N[C@@H](CSCC(COC(=O)CCCCCCCCCCCCCCC)OC(=O)CCCCCCCCCCCCCCC)C(=O)N[C@@H](CO)C(=O)NCCNC(=O)CCCNC(=O)[C@H](CO[C@H]1O[C@H](CO)[C@H](O)[C@H](O)[C@H]1NC(C)=O)NC(C)=O. The molecule has 1 unspecified atom stereocenters. The summed E-state index contributed by atoms with van der Waals surface area (Å²) in [5.41, 5.74) is 0. The van der Waals surface area contributed by atoms with E-state index >= 15 is 0 Å². The molecule has 588 valence electrons. The van der Waals surface area contributed by atoms with Crippen molar-refractivity contribution in [1.29, 1.82) is 0 Å². The number of aliphatic hydroxyl groups is 4. The minimum absolute atomic E-state index is 0.00220. The smallest absolute Gasteiger partial charge is 0.306 e. The Kier molecular flexibility index (Phi) is 60.6. The van der Waals surface area contributed by atoms with Gasteiger partial charge in [-0.25, -0.2) is 0 Å². The highest BCUT2D eigenvalue weighted by Gasteiger charge is 2.46. The molecule has 0 aromatic heterocycles. The summed E-state index contributed by atoms with van der Waals surface area (Å²) in [6.07, 6.45) is 39.4. The normalized spacial score (nSPS) is 17.0. The lowest BCUT2D eigenvalue weighted by molar-refractivity contribution is -0.270. The molecule has 25 heteroatoms. The van der Waals surface area contributed by atoms with Crippen LogP contribution in [-0.2, 0) is 62.1 Å². The summed E-state index contributed by atoms with van der Waals surface area (Å²) in [5.74, 6) is -4.75. The maximum Gasteiger partial charge on any atom is 0.306 e. The number of carbonyl (C=O) groups is 9. The predicted octanol–water partition coefficient (Wildman–Crippen LogP) is 10.2. The first-order valence-corrected chi connectivity index (χ1v) is 40.8. The van der Waals surface area contributed by atoms with Crippen molar-refractivity contribution in [3.63, 3.8) is 0 Å². The van der Waals surface area contributed by atoms with Gasteiger partial charge in [-0.3, -0.25) is 43.2 Å². The summed E-state index contributed by atoms with van der Waals surface area (Å²) < 4.78 is 22.9. The van der Waals surface area contributed by atoms with Gasteiger partial charge in [0.05, 0.1) is 19.8 Å². The summed E-state index contributed by atoms with van der Waals surface area (Å²) in [4.78, 5) is 117. The van der Waals surface area contributed by atoms with Crippen LogP contribution in [0.1, 0.15) is 317 Å². The Hall–Kier alpha value is -4.66. The Morgan fingerprint density at radius 2 is 0.842 bits per heavy atom. The Morgan fingerprint density at radius 1 is 0.416 bits per heavy atom. The molecule has 1 fully saturated rings. The van der Waals surface area contributed by atoms with Crippen LogP contribution in [-0.4, -0.2) is 186 Å². The number of esters is 2. The van der Waals surface area contributed by atoms with Crippen molar-refractivity contribution in [2.45, 2.75) is 372 Å². The molecule has 7 amide bonds. The second-order valence-corrected chi connectivity index (χ2v) is 28.8. The number of nitrogens with one attached hydrogen (secondary N) is 7. The average molecular weight is 1460 g/mol. The monoisotopic (exact) mass is 1460 g/mol. The third-order valence-corrected chi connectivity index (χ3v) is 19.4. The molecule has 0 aromatic rings. The van der Waals surface area contributed by atoms with Crippen LogP contribution in [0.25, 0.3) is 0 Å². The van der Waals surface area contributed by atoms with Gasteiger partial charge in [-0.2, -0.15) is 11.8 Å². The zero-order valence-electron chi connectivity index (χ0n) is 63.2. The standard InChI is InChI=1S/C76H141N7O17S/c1-6-9-12-15-18-21-24-27-30-33-36-39-42-46-67(89)82-64(58-101-57-61(99-69(91)49-44-41-38-35-32-29-26-23-20-17-14-11-8-3)55-97-68(90)48-43-40-37-34-31-28-25-22-19-16-13-10-7-2)75(96)83-62(53-84)73(94)79-52-51-77-66(88)47-45-50-78-74(95)63(80-59(4)86)56-98-76-70(81-60(5)87)72(93)71(92)65(54-85)100-76/h61-65,70-72,76,84-85,92-93H,6-58H2,1-5H3,(H,77,88)(H,78,95)(H,79,94)(H,80,86)(H,81,87)(H,82,89)(H,83,96)/t61?,62-,63-,64-,65+,70+,71-,72+,76-/m0/s1. The van der Waals surface area contributed by atoms with Gasteiger partial charge >= 0.3 is 11.9 Å². The number of aliphatic hydroxyl groups excluding tert-OH is 4. The molecule has 0 aliphatic carbocycles. The van der Waals surface area contributed by atoms with E-state index in [1.54, 1.807) is 0 Å². The van der Waals surface area contributed by atoms with Crippen LogP contribution in [0.15, 0.2) is 0 Å². The van der Waals surface area contributed by atoms with Crippen molar-refractivity contribution >= 4 is 65.1 Å². The Morgan fingerprint density at radius 3 is 1.30 bits per heavy atom. The maximum atomic E-state index is 14.1. The van der Waals surface area contributed by atoms with Crippen molar-refractivity contribution < 1.29 is 82.5 Å². The highest BCUT2D eigenvalue weighted by atomic mass is 32.2. The van der Waals surface area contributed by atoms with E-state index < -0.39 is 116 Å². The molecule has 0 spiro atoms. The van der Waals surface area contributed by atoms with Crippen LogP contribution in [0.3, 0.4) is 0 Å². The van der Waals surface area contributed by atoms with Gasteiger partial charge in [0.25, 0.3) is 0 Å². The minimum Gasteiger partial charge on any atom is -0.462 e. The van der Waals surface area contributed by atoms with Gasteiger partial charge in [-0.15, -0.1) is 0 Å². The van der Waals surface area contributed by atoms with Crippen LogP contribution < -0.4 is 37.2 Å². The molecule has 0 aromatic carbocycles. The molecule has 24 nitrogen and oxygen atoms in total. The van der Waals surface area contributed by atoms with Crippen molar-refractivity contribution in [3.8, 4) is 0 Å². The lowest BCUT2D eigenvalue weighted by atomic mass is 9.97. The molecule has 0 saturated carbocycles. The Balaban J connectivity index is 2.96. The van der Waals surface area contributed by atoms with Gasteiger partial charge in [-0.1, -0.05) is 252 Å². The zero-order valence-corrected chi connectivity index (χ0v) is 64.0. The molecule has 0 bridgehead atoms. The van der Waals surface area contributed by atoms with E-state index in [1.807, 2.05) is 0 Å². The Labute approximate surface area is 611 Å². The zero-order chi connectivity index (χ0) is 74.4. The molecule has 101 heavy (non-hydrogen) atoms. The van der Waals surface area contributed by atoms with Gasteiger partial charge in [0.15, 0.2) is 6.29 Å². The van der Waals surface area contributed by atoms with Crippen molar-refractivity contribution in [2.75, 3.05) is 57.6 Å². The lowest BCUT2D eigenvalue weighted by Gasteiger charge is -2.42. The summed E-state index contributed by atoms with van der Waals surface area (Å²) >= 11 is 1.23. The third kappa shape index (κ3) is 52.0. The Bertz CT molecular complexity index is 2170. The van der Waals surface area contributed by atoms with Crippen LogP contribution in [0, 0.1) is 0 Å². The van der Waals surface area contributed by atoms with Crippen LogP contribution in [0.2, 0.25) is 0 Å². The molecule has 1 heterocycles. The molecule has 11 N–H and O–H groups in total. The molecule has 1 aliphatic heterocycles. The first-order valence-electron chi connectivity index (χ1n) is 39.6. The topological polar surface area (TPSA) is 356 Å². The van der Waals surface area contributed by atoms with Gasteiger partial charge in [-0.05, 0) is 25.7 Å². The van der Waals surface area contributed by atoms with Gasteiger partial charge in [0.1, 0.15) is 55.2 Å².